The van der Waals surface area contributed by atoms with Crippen molar-refractivity contribution in [2.45, 2.75) is 33.1 Å². The number of nitrogens with zero attached hydrogens (tertiary/aromatic N) is 5. The van der Waals surface area contributed by atoms with Crippen LogP contribution in [0.15, 0.2) is 42.4 Å². The summed E-state index contributed by atoms with van der Waals surface area (Å²) in [6.45, 7) is 10.9. The third-order valence-corrected chi connectivity index (χ3v) is 9.11. The van der Waals surface area contributed by atoms with E-state index in [1.54, 1.807) is 11.3 Å². The van der Waals surface area contributed by atoms with Crippen LogP contribution in [0.1, 0.15) is 45.8 Å². The minimum Gasteiger partial charge on any atom is -0.355 e. The van der Waals surface area contributed by atoms with E-state index in [-0.39, 0.29) is 11.3 Å². The van der Waals surface area contributed by atoms with E-state index in [2.05, 4.69) is 54.6 Å². The van der Waals surface area contributed by atoms with Crippen molar-refractivity contribution in [2.24, 2.45) is 5.41 Å². The summed E-state index contributed by atoms with van der Waals surface area (Å²) in [7, 11) is 0. The Morgan fingerprint density at radius 2 is 2.03 bits per heavy atom. The average Bonchev–Trinajstić information content (AvgIpc) is 3.53. The maximum absolute atomic E-state index is 12.1. The molecule has 0 N–H and O–H groups in total. The Labute approximate surface area is 221 Å². The lowest BCUT2D eigenvalue weighted by Crippen LogP contribution is -2.59. The fourth-order valence-corrected chi connectivity index (χ4v) is 7.05. The number of aryl methyl sites for hydroxylation is 2. The van der Waals surface area contributed by atoms with Crippen molar-refractivity contribution in [1.29, 1.82) is 5.26 Å². The van der Waals surface area contributed by atoms with Crippen molar-refractivity contribution in [3.8, 4) is 17.2 Å². The highest BCUT2D eigenvalue weighted by molar-refractivity contribution is 7.11. The van der Waals surface area contributed by atoms with Crippen LogP contribution in [0.2, 0.25) is 0 Å². The number of aromatic nitrogens is 2. The molecular formula is C30H29N5OS. The zero-order chi connectivity index (χ0) is 25.7. The van der Waals surface area contributed by atoms with Gasteiger partial charge < -0.3 is 9.80 Å². The van der Waals surface area contributed by atoms with Gasteiger partial charge >= 0.3 is 0 Å². The molecule has 0 atom stereocenters. The smallest absolute Gasteiger partial charge is 0.245 e. The predicted octanol–water partition coefficient (Wildman–Crippen LogP) is 5.41. The zero-order valence-electron chi connectivity index (χ0n) is 21.3. The molecule has 0 radical (unpaired) electrons. The van der Waals surface area contributed by atoms with Crippen LogP contribution in [0.4, 0.5) is 5.82 Å². The first-order valence-electron chi connectivity index (χ1n) is 12.7. The normalized spacial score (nSPS) is 17.7. The number of hydrogen-bond acceptors (Lipinski definition) is 6. The molecule has 2 aliphatic heterocycles. The fourth-order valence-electron chi connectivity index (χ4n) is 6.19. The lowest BCUT2D eigenvalue weighted by molar-refractivity contribution is -0.136. The number of carbonyl (C=O) groups is 1. The summed E-state index contributed by atoms with van der Waals surface area (Å²) in [6.07, 6.45) is 6.33. The Morgan fingerprint density at radius 1 is 1.22 bits per heavy atom. The number of thiazole rings is 1. The molecule has 186 valence electrons. The molecule has 4 heterocycles. The van der Waals surface area contributed by atoms with E-state index in [0.717, 1.165) is 84.9 Å². The van der Waals surface area contributed by atoms with E-state index in [1.165, 1.54) is 16.5 Å². The summed E-state index contributed by atoms with van der Waals surface area (Å²) in [5, 5.41) is 10.5. The topological polar surface area (TPSA) is 73.1 Å². The van der Waals surface area contributed by atoms with Crippen LogP contribution in [0, 0.1) is 30.6 Å². The maximum Gasteiger partial charge on any atom is 0.245 e. The van der Waals surface area contributed by atoms with Crippen molar-refractivity contribution in [2.75, 3.05) is 31.1 Å². The standard InChI is InChI=1S/C30H29N5OS/c1-4-26(36)35-16-30(17-35)11-12-34(15-30)29-24(14-31)27(22-8-6-5-7-19(22)2)23-10-9-21(13-25(23)33-29)28-20(3)32-18-37-28/h4-8,13,18H,1,9-12,15-17H2,2-3H3. The first-order chi connectivity index (χ1) is 17.9. The van der Waals surface area contributed by atoms with Gasteiger partial charge in [0.1, 0.15) is 17.5 Å². The predicted molar refractivity (Wildman–Crippen MR) is 148 cm³/mol. The molecule has 2 fully saturated rings. The molecule has 3 aromatic rings. The largest absolute Gasteiger partial charge is 0.355 e. The number of rotatable bonds is 4. The SMILES string of the molecule is C=CC(=O)N1CC2(CCN(c3nc4c(c(-c5ccccc5C)c3C#N)CCC(c3scnc3C)=C4)C2)C1. The van der Waals surface area contributed by atoms with Crippen molar-refractivity contribution in [3.05, 3.63) is 75.4 Å². The Kier molecular flexibility index (Phi) is 5.73. The van der Waals surface area contributed by atoms with Gasteiger partial charge in [0.05, 0.1) is 21.8 Å². The molecular weight excluding hydrogens is 478 g/mol. The maximum atomic E-state index is 12.1. The molecule has 2 saturated heterocycles. The fraction of sp³-hybridized carbons (Fsp3) is 0.333. The van der Waals surface area contributed by atoms with Gasteiger partial charge in [0.25, 0.3) is 0 Å². The number of amides is 1. The van der Waals surface area contributed by atoms with Crippen LogP contribution in [-0.2, 0) is 11.2 Å². The van der Waals surface area contributed by atoms with E-state index >= 15 is 0 Å². The molecule has 1 aromatic carbocycles. The van der Waals surface area contributed by atoms with Crippen LogP contribution in [0.5, 0.6) is 0 Å². The van der Waals surface area contributed by atoms with Crippen molar-refractivity contribution < 1.29 is 4.79 Å². The quantitative estimate of drug-likeness (QED) is 0.442. The lowest BCUT2D eigenvalue weighted by atomic mass is 9.79. The number of hydrogen-bond donors (Lipinski definition) is 0. The van der Waals surface area contributed by atoms with Gasteiger partial charge in [-0.25, -0.2) is 9.97 Å². The van der Waals surface area contributed by atoms with Crippen molar-refractivity contribution >= 4 is 34.7 Å². The number of likely N-dealkylation sites (tertiary alicyclic amines) is 1. The van der Waals surface area contributed by atoms with Crippen LogP contribution in [0.25, 0.3) is 22.8 Å². The Balaban J connectivity index is 1.47. The molecule has 2 aromatic heterocycles. The Bertz CT molecular complexity index is 1500. The monoisotopic (exact) mass is 507 g/mol. The van der Waals surface area contributed by atoms with Gasteiger partial charge in [0.15, 0.2) is 0 Å². The molecule has 6 rings (SSSR count). The summed E-state index contributed by atoms with van der Waals surface area (Å²) in [5.74, 6) is 0.759. The molecule has 1 spiro atoms. The molecule has 0 unspecified atom stereocenters. The highest BCUT2D eigenvalue weighted by Crippen LogP contribution is 2.45. The third-order valence-electron chi connectivity index (χ3n) is 8.11. The Hall–Kier alpha value is -3.76. The van der Waals surface area contributed by atoms with Crippen LogP contribution in [0.3, 0.4) is 0 Å². The second kappa shape index (κ2) is 8.97. The van der Waals surface area contributed by atoms with Gasteiger partial charge in [-0.3, -0.25) is 4.79 Å². The summed E-state index contributed by atoms with van der Waals surface area (Å²) in [5.41, 5.74) is 10.3. The third kappa shape index (κ3) is 3.87. The molecule has 7 heteroatoms. The number of carbonyl (C=O) groups excluding carboxylic acids is 1. The zero-order valence-corrected chi connectivity index (χ0v) is 22.1. The van der Waals surface area contributed by atoms with E-state index in [1.807, 2.05) is 22.5 Å². The van der Waals surface area contributed by atoms with Crippen LogP contribution >= 0.6 is 11.3 Å². The number of pyridine rings is 1. The Morgan fingerprint density at radius 3 is 2.73 bits per heavy atom. The van der Waals surface area contributed by atoms with Gasteiger partial charge in [0, 0.05) is 37.2 Å². The lowest BCUT2D eigenvalue weighted by Gasteiger charge is -2.47. The highest BCUT2D eigenvalue weighted by Gasteiger charge is 2.49. The number of anilines is 1. The highest BCUT2D eigenvalue weighted by atomic mass is 32.1. The van der Waals surface area contributed by atoms with E-state index in [9.17, 15) is 10.1 Å². The first-order valence-corrected chi connectivity index (χ1v) is 13.6. The van der Waals surface area contributed by atoms with Crippen LogP contribution in [-0.4, -0.2) is 47.0 Å². The number of nitriles is 1. The van der Waals surface area contributed by atoms with E-state index in [0.29, 0.717) is 5.56 Å². The minimum absolute atomic E-state index is 0.00781. The van der Waals surface area contributed by atoms with Gasteiger partial charge in [0.2, 0.25) is 5.91 Å². The molecule has 6 nitrogen and oxygen atoms in total. The molecule has 0 bridgehead atoms. The molecule has 1 amide bonds. The number of allylic oxidation sites excluding steroid dienone is 1. The second-order valence-electron chi connectivity index (χ2n) is 10.5. The van der Waals surface area contributed by atoms with E-state index < -0.39 is 0 Å². The molecule has 1 aliphatic carbocycles. The molecule has 0 saturated carbocycles. The minimum atomic E-state index is -0.00781. The first kappa shape index (κ1) is 23.6. The van der Waals surface area contributed by atoms with Crippen LogP contribution < -0.4 is 4.90 Å². The van der Waals surface area contributed by atoms with Crippen molar-refractivity contribution in [3.63, 3.8) is 0 Å². The van der Waals surface area contributed by atoms with Crippen molar-refractivity contribution in [1.82, 2.24) is 14.9 Å². The van der Waals surface area contributed by atoms with Gasteiger partial charge in [-0.05, 0) is 67.5 Å². The van der Waals surface area contributed by atoms with Gasteiger partial charge in [-0.15, -0.1) is 11.3 Å². The molecule has 3 aliphatic rings. The summed E-state index contributed by atoms with van der Waals surface area (Å²) < 4.78 is 0. The summed E-state index contributed by atoms with van der Waals surface area (Å²) in [6, 6.07) is 10.9. The summed E-state index contributed by atoms with van der Waals surface area (Å²) in [4.78, 5) is 27.1. The van der Waals surface area contributed by atoms with E-state index in [4.69, 9.17) is 4.98 Å². The molecule has 37 heavy (non-hydrogen) atoms. The average molecular weight is 508 g/mol. The van der Waals surface area contributed by atoms with Gasteiger partial charge in [-0.2, -0.15) is 5.26 Å². The number of benzene rings is 1. The number of fused-ring (bicyclic) bond motifs is 1. The summed E-state index contributed by atoms with van der Waals surface area (Å²) >= 11 is 1.68. The second-order valence-corrected chi connectivity index (χ2v) is 11.3. The van der Waals surface area contributed by atoms with Gasteiger partial charge in [-0.1, -0.05) is 30.8 Å².